The molecule has 8 nitrogen and oxygen atoms in total. The Morgan fingerprint density at radius 2 is 1.69 bits per heavy atom. The molecular weight excluding hydrogens is 724 g/mol. The Balaban J connectivity index is 1.16. The Hall–Kier alpha value is -2.01. The summed E-state index contributed by atoms with van der Waals surface area (Å²) in [6.45, 7) is 10.2. The number of amides is 2. The van der Waals surface area contributed by atoms with Gasteiger partial charge in [0.2, 0.25) is 5.91 Å². The summed E-state index contributed by atoms with van der Waals surface area (Å²) in [5, 5.41) is 3.38. The number of rotatable bonds is 6. The number of aryl methyl sites for hydroxylation is 2. The zero-order valence-electron chi connectivity index (χ0n) is 26.5. The number of alkyl carbamates (subject to hydrolysis) is 1. The van der Waals surface area contributed by atoms with Crippen molar-refractivity contribution in [3.63, 3.8) is 0 Å². The Morgan fingerprint density at radius 1 is 1.02 bits per heavy atom. The SMILES string of the molecule is C[C@@H](NC(=O)OC(C)(C)C)C(=O)N1CCC(C(=O)CN2CCC([C@H]3c4ncc(Br)cc4CCc4cc(Cl)cc(Br)c43)CC2)CC1. The standard InChI is InChI=1S/C34H43Br2ClN4O4/c1-20(39-33(44)45-34(2,3)4)32(43)41-13-9-21(10-14-41)28(42)19-40-11-7-22(8-12-40)30-29-23(16-26(37)17-27(29)36)5-6-24-15-25(35)18-38-31(24)30/h15-18,20-22,30H,5-14,19H2,1-4H3,(H,39,44)/t20-,30-/m1/s1. The summed E-state index contributed by atoms with van der Waals surface area (Å²) in [7, 11) is 0. The second-order valence-corrected chi connectivity index (χ2v) is 15.9. The van der Waals surface area contributed by atoms with E-state index >= 15 is 0 Å². The maximum absolute atomic E-state index is 13.4. The van der Waals surface area contributed by atoms with Crippen molar-refractivity contribution in [3.05, 3.63) is 60.7 Å². The Bertz CT molecular complexity index is 1430. The zero-order valence-corrected chi connectivity index (χ0v) is 30.4. The number of aromatic nitrogens is 1. The molecule has 2 aromatic rings. The summed E-state index contributed by atoms with van der Waals surface area (Å²) in [5.74, 6) is 0.637. The number of ether oxygens (including phenoxy) is 1. The maximum Gasteiger partial charge on any atom is 0.408 e. The van der Waals surface area contributed by atoms with E-state index in [2.05, 4.69) is 54.2 Å². The van der Waals surface area contributed by atoms with Crippen LogP contribution in [-0.2, 0) is 27.2 Å². The normalized spacial score (nSPS) is 20.5. The largest absolute Gasteiger partial charge is 0.444 e. The molecule has 0 saturated carbocycles. The number of fused-ring (bicyclic) bond motifs is 2. The molecule has 0 bridgehead atoms. The van der Waals surface area contributed by atoms with Crippen molar-refractivity contribution < 1.29 is 19.1 Å². The van der Waals surface area contributed by atoms with Crippen molar-refractivity contribution in [2.24, 2.45) is 11.8 Å². The number of Topliss-reactive ketones (excluding diaryl/α,β-unsaturated/α-hetero) is 1. The highest BCUT2D eigenvalue weighted by Gasteiger charge is 2.37. The van der Waals surface area contributed by atoms with Crippen molar-refractivity contribution in [2.45, 2.75) is 83.8 Å². The summed E-state index contributed by atoms with van der Waals surface area (Å²) in [5.41, 5.74) is 4.40. The average molecular weight is 767 g/mol. The van der Waals surface area contributed by atoms with Gasteiger partial charge in [0.25, 0.3) is 0 Å². The predicted octanol–water partition coefficient (Wildman–Crippen LogP) is 6.92. The van der Waals surface area contributed by atoms with E-state index < -0.39 is 17.7 Å². The van der Waals surface area contributed by atoms with Gasteiger partial charge in [-0.3, -0.25) is 19.5 Å². The fraction of sp³-hybridized carbons (Fsp3) is 0.588. The van der Waals surface area contributed by atoms with Crippen molar-refractivity contribution in [1.82, 2.24) is 20.1 Å². The Morgan fingerprint density at radius 3 is 2.36 bits per heavy atom. The summed E-state index contributed by atoms with van der Waals surface area (Å²) in [4.78, 5) is 47.4. The van der Waals surface area contributed by atoms with Gasteiger partial charge in [-0.1, -0.05) is 27.5 Å². The molecule has 1 aromatic heterocycles. The lowest BCUT2D eigenvalue weighted by Crippen LogP contribution is -2.51. The molecule has 1 aliphatic carbocycles. The number of likely N-dealkylation sites (tertiary alicyclic amines) is 2. The Labute approximate surface area is 288 Å². The third-order valence-electron chi connectivity index (χ3n) is 9.27. The van der Waals surface area contributed by atoms with Crippen LogP contribution in [-0.4, -0.2) is 76.9 Å². The minimum absolute atomic E-state index is 0.0511. The smallest absolute Gasteiger partial charge is 0.408 e. The minimum Gasteiger partial charge on any atom is -0.444 e. The molecule has 0 spiro atoms. The molecule has 0 unspecified atom stereocenters. The van der Waals surface area contributed by atoms with Gasteiger partial charge in [-0.2, -0.15) is 0 Å². The molecule has 2 aliphatic heterocycles. The number of hydrogen-bond donors (Lipinski definition) is 1. The van der Waals surface area contributed by atoms with Gasteiger partial charge in [0.05, 0.1) is 12.2 Å². The number of carbonyl (C=O) groups is 3. The molecule has 5 rings (SSSR count). The van der Waals surface area contributed by atoms with Gasteiger partial charge in [-0.25, -0.2) is 4.79 Å². The third kappa shape index (κ3) is 8.48. The van der Waals surface area contributed by atoms with Crippen LogP contribution in [0.1, 0.15) is 81.7 Å². The first-order chi connectivity index (χ1) is 21.3. The van der Waals surface area contributed by atoms with Crippen molar-refractivity contribution in [3.8, 4) is 0 Å². The van der Waals surface area contributed by atoms with Crippen LogP contribution in [0.4, 0.5) is 4.79 Å². The third-order valence-corrected chi connectivity index (χ3v) is 10.6. The van der Waals surface area contributed by atoms with Gasteiger partial charge in [0, 0.05) is 45.1 Å². The summed E-state index contributed by atoms with van der Waals surface area (Å²) in [6, 6.07) is 5.64. The monoisotopic (exact) mass is 764 g/mol. The number of ketones is 1. The minimum atomic E-state index is -0.685. The van der Waals surface area contributed by atoms with E-state index in [0.29, 0.717) is 38.4 Å². The Kier molecular flexibility index (Phi) is 11.0. The molecule has 11 heteroatoms. The molecule has 45 heavy (non-hydrogen) atoms. The lowest BCUT2D eigenvalue weighted by molar-refractivity contribution is -0.136. The van der Waals surface area contributed by atoms with E-state index in [1.807, 2.05) is 12.3 Å². The first-order valence-corrected chi connectivity index (χ1v) is 17.9. The van der Waals surface area contributed by atoms with Crippen LogP contribution < -0.4 is 5.32 Å². The van der Waals surface area contributed by atoms with Crippen molar-refractivity contribution in [2.75, 3.05) is 32.7 Å². The number of benzene rings is 1. The lowest BCUT2D eigenvalue weighted by atomic mass is 9.76. The summed E-state index contributed by atoms with van der Waals surface area (Å²) >= 11 is 13.9. The molecule has 2 saturated heterocycles. The molecule has 2 fully saturated rings. The van der Waals surface area contributed by atoms with Crippen LogP contribution in [0.25, 0.3) is 0 Å². The van der Waals surface area contributed by atoms with Gasteiger partial charge in [-0.05, 0) is 136 Å². The predicted molar refractivity (Wildman–Crippen MR) is 183 cm³/mol. The highest BCUT2D eigenvalue weighted by molar-refractivity contribution is 9.10. The van der Waals surface area contributed by atoms with Crippen LogP contribution in [0, 0.1) is 11.8 Å². The maximum atomic E-state index is 13.4. The number of halogens is 3. The molecule has 1 aromatic carbocycles. The van der Waals surface area contributed by atoms with Crippen molar-refractivity contribution >= 4 is 61.2 Å². The van der Waals surface area contributed by atoms with E-state index in [9.17, 15) is 14.4 Å². The molecule has 244 valence electrons. The van der Waals surface area contributed by atoms with Crippen LogP contribution in [0.2, 0.25) is 5.02 Å². The van der Waals surface area contributed by atoms with Gasteiger partial charge >= 0.3 is 6.09 Å². The van der Waals surface area contributed by atoms with Crippen LogP contribution in [0.3, 0.4) is 0 Å². The van der Waals surface area contributed by atoms with Gasteiger partial charge < -0.3 is 15.0 Å². The first kappa shape index (κ1) is 34.3. The number of piperidine rings is 2. The first-order valence-electron chi connectivity index (χ1n) is 15.9. The zero-order chi connectivity index (χ0) is 32.5. The van der Waals surface area contributed by atoms with Gasteiger partial charge in [-0.15, -0.1) is 0 Å². The molecule has 0 radical (unpaired) electrons. The highest BCUT2D eigenvalue weighted by atomic mass is 79.9. The fourth-order valence-electron chi connectivity index (χ4n) is 7.07. The average Bonchev–Trinajstić information content (AvgIpc) is 3.13. The second-order valence-electron chi connectivity index (χ2n) is 13.7. The highest BCUT2D eigenvalue weighted by Crippen LogP contribution is 2.46. The second kappa shape index (κ2) is 14.4. The van der Waals surface area contributed by atoms with Crippen LogP contribution >= 0.6 is 43.5 Å². The topological polar surface area (TPSA) is 91.8 Å². The number of nitrogens with zero attached hydrogens (tertiary/aromatic N) is 3. The van der Waals surface area contributed by atoms with E-state index in [0.717, 1.165) is 58.4 Å². The quantitative estimate of drug-likeness (QED) is 0.344. The molecular formula is C34H43Br2ClN4O4. The van der Waals surface area contributed by atoms with E-state index in [1.165, 1.54) is 16.7 Å². The molecule has 2 amide bonds. The van der Waals surface area contributed by atoms with E-state index in [-0.39, 0.29) is 23.5 Å². The molecule has 2 atom stereocenters. The van der Waals surface area contributed by atoms with Gasteiger partial charge in [0.1, 0.15) is 17.4 Å². The number of pyridine rings is 1. The fourth-order valence-corrected chi connectivity index (χ4v) is 8.57. The number of carbonyl (C=O) groups excluding carboxylic acids is 3. The lowest BCUT2D eigenvalue weighted by Gasteiger charge is -2.38. The molecule has 3 heterocycles. The van der Waals surface area contributed by atoms with Crippen molar-refractivity contribution in [1.29, 1.82) is 0 Å². The molecule has 3 aliphatic rings. The van der Waals surface area contributed by atoms with Crippen LogP contribution in [0.15, 0.2) is 33.3 Å². The number of nitrogens with one attached hydrogen (secondary N) is 1. The summed E-state index contributed by atoms with van der Waals surface area (Å²) in [6.07, 6.45) is 6.42. The van der Waals surface area contributed by atoms with Gasteiger partial charge in [0.15, 0.2) is 0 Å². The van der Waals surface area contributed by atoms with E-state index in [1.54, 1.807) is 32.6 Å². The summed E-state index contributed by atoms with van der Waals surface area (Å²) < 4.78 is 7.32. The molecule has 1 N–H and O–H groups in total. The number of hydrogen-bond acceptors (Lipinski definition) is 6. The van der Waals surface area contributed by atoms with E-state index in [4.69, 9.17) is 21.3 Å². The van der Waals surface area contributed by atoms with Crippen LogP contribution in [0.5, 0.6) is 0 Å².